The SMILES string of the molecule is O=S(=O)(O)c1ccc(C2=C3C=CC(=N3)C(c3ccc(S(=O)(=O)O)cc3)=C3C=CC(=N3)C(c3cc[n+](CCCC[n+]4ccc(-c5cc[n+](CCCCN6C=CC(=C7C=CN(Cc8ccccc8)C=C7)C=C6)cc5)cc4)cc3)=C3C=CC(=N3)C(c3ccc(S(=O)(=O)O)cc3)=C3C=CC2=N3)cc1. The van der Waals surface area contributed by atoms with E-state index < -0.39 is 30.4 Å². The third-order valence-corrected chi connectivity index (χ3v) is 20.3. The maximum absolute atomic E-state index is 12.3. The topological polar surface area (TPSA) is 231 Å². The normalized spacial score (nSPS) is 16.5. The van der Waals surface area contributed by atoms with E-state index in [1.807, 2.05) is 54.9 Å². The fourth-order valence-corrected chi connectivity index (χ4v) is 14.0. The van der Waals surface area contributed by atoms with Gasteiger partial charge in [-0.15, -0.1) is 0 Å². The van der Waals surface area contributed by atoms with E-state index in [2.05, 4.69) is 146 Å². The van der Waals surface area contributed by atoms with Gasteiger partial charge in [0.05, 0.1) is 60.3 Å². The van der Waals surface area contributed by atoms with E-state index in [1.165, 1.54) is 65.2 Å². The number of unbranched alkanes of at least 4 members (excludes halogenated alkanes) is 2. The first-order valence-electron chi connectivity index (χ1n) is 32.2. The van der Waals surface area contributed by atoms with Crippen LogP contribution in [-0.2, 0) is 56.5 Å². The number of rotatable bonds is 20. The molecule has 10 heterocycles. The van der Waals surface area contributed by atoms with Gasteiger partial charge in [-0.05, 0) is 166 Å². The molecule has 4 aromatic carbocycles. The highest BCUT2D eigenvalue weighted by Gasteiger charge is 2.29. The Bertz CT molecular complexity index is 5240. The number of aryl methyl sites for hydroxylation is 3. The molecule has 3 aromatic heterocycles. The van der Waals surface area contributed by atoms with Gasteiger partial charge in [0.25, 0.3) is 30.4 Å². The number of aliphatic imine (C=N–C) groups is 4. The minimum absolute atomic E-state index is 0.301. The van der Waals surface area contributed by atoms with Crippen LogP contribution in [0.4, 0.5) is 0 Å². The number of hydrogen-bond acceptors (Lipinski definition) is 12. The van der Waals surface area contributed by atoms with Crippen LogP contribution in [0.3, 0.4) is 0 Å². The van der Waals surface area contributed by atoms with E-state index >= 15 is 0 Å². The zero-order chi connectivity index (χ0) is 68.3. The lowest BCUT2D eigenvalue weighted by Crippen LogP contribution is -2.35. The Balaban J connectivity index is 0.668. The molecule has 21 heteroatoms. The van der Waals surface area contributed by atoms with Crippen LogP contribution >= 0.6 is 0 Å². The molecule has 0 aliphatic carbocycles. The summed E-state index contributed by atoms with van der Waals surface area (Å²) in [5.41, 5.74) is 14.3. The third-order valence-electron chi connectivity index (χ3n) is 17.7. The summed E-state index contributed by atoms with van der Waals surface area (Å²) in [7, 11) is -13.6. The lowest BCUT2D eigenvalue weighted by molar-refractivity contribution is -0.708. The van der Waals surface area contributed by atoms with Crippen LogP contribution in [0.1, 0.15) is 53.5 Å². The number of pyridine rings is 3. The van der Waals surface area contributed by atoms with E-state index in [9.17, 15) is 38.9 Å². The minimum Gasteiger partial charge on any atom is -0.354 e. The van der Waals surface area contributed by atoms with Gasteiger partial charge in [-0.25, -0.2) is 33.7 Å². The van der Waals surface area contributed by atoms with E-state index in [1.54, 1.807) is 48.6 Å². The standard InChI is InChI=1S/C78H63N9O9S3/c88-97(89,90)64-16-10-60(11-17-64)75-67-22-24-69(79-67)76(61-12-18-65(19-13-61)98(91,92)93)71-26-28-73(81-71)78(74-29-27-72(82-74)77(70-25-23-68(75)80-70)62-14-20-66(21-15-62)99(94,95)96)63-38-50-86(51-39-63)43-7-6-42-84-46-32-57(33-47-84)56-30-44-83(45-31-56)40-4-5-41-85-48-34-58(35-49-85)59-36-52-87(53-37-59)54-55-8-2-1-3-9-55/h1-3,8-39,44-53H,4-7,40-43,54H2/p+3. The van der Waals surface area contributed by atoms with Crippen molar-refractivity contribution in [2.75, 3.05) is 6.54 Å². The van der Waals surface area contributed by atoms with E-state index in [4.69, 9.17) is 20.0 Å². The summed E-state index contributed by atoms with van der Waals surface area (Å²) in [4.78, 5) is 24.4. The van der Waals surface area contributed by atoms with Crippen LogP contribution in [0.2, 0.25) is 0 Å². The van der Waals surface area contributed by atoms with Crippen molar-refractivity contribution >= 4 is 75.5 Å². The second-order valence-corrected chi connectivity index (χ2v) is 28.6. The average molecular weight is 1370 g/mol. The zero-order valence-electron chi connectivity index (χ0n) is 53.4. The van der Waals surface area contributed by atoms with Gasteiger partial charge in [-0.2, -0.15) is 25.3 Å². The van der Waals surface area contributed by atoms with E-state index in [0.717, 1.165) is 75.1 Å². The Morgan fingerprint density at radius 3 is 0.929 bits per heavy atom. The highest BCUT2D eigenvalue weighted by atomic mass is 32.2. The lowest BCUT2D eigenvalue weighted by Gasteiger charge is -2.22. The van der Waals surface area contributed by atoms with Crippen molar-refractivity contribution in [3.63, 3.8) is 0 Å². The summed E-state index contributed by atoms with van der Waals surface area (Å²) in [5.74, 6) is 0. The first kappa shape index (κ1) is 65.3. The van der Waals surface area contributed by atoms with Gasteiger partial charge in [0.1, 0.15) is 19.6 Å². The summed E-state index contributed by atoms with van der Waals surface area (Å²) in [6.07, 6.45) is 48.6. The molecule has 0 unspecified atom stereocenters. The van der Waals surface area contributed by atoms with Gasteiger partial charge in [0.2, 0.25) is 0 Å². The summed E-state index contributed by atoms with van der Waals surface area (Å²) in [5, 5.41) is 0. The fraction of sp³-hybridized carbons (Fsp3) is 0.115. The second kappa shape index (κ2) is 27.8. The Kier molecular flexibility index (Phi) is 18.3. The van der Waals surface area contributed by atoms with Crippen molar-refractivity contribution in [2.24, 2.45) is 20.0 Å². The van der Waals surface area contributed by atoms with Crippen LogP contribution < -0.4 is 13.7 Å². The summed E-state index contributed by atoms with van der Waals surface area (Å²) < 4.78 is 110. The molecule has 7 aliphatic rings. The van der Waals surface area contributed by atoms with Gasteiger partial charge in [0, 0.05) is 116 Å². The molecule has 7 aliphatic heterocycles. The first-order valence-corrected chi connectivity index (χ1v) is 36.5. The van der Waals surface area contributed by atoms with Crippen molar-refractivity contribution in [3.05, 3.63) is 336 Å². The third kappa shape index (κ3) is 14.9. The summed E-state index contributed by atoms with van der Waals surface area (Å²) in [6, 6.07) is 40.3. The molecule has 0 fully saturated rings. The van der Waals surface area contributed by atoms with Crippen LogP contribution in [0.5, 0.6) is 0 Å². The molecule has 18 nitrogen and oxygen atoms in total. The molecule has 0 spiro atoms. The Morgan fingerprint density at radius 1 is 0.313 bits per heavy atom. The number of benzene rings is 4. The van der Waals surface area contributed by atoms with Crippen molar-refractivity contribution in [1.29, 1.82) is 0 Å². The van der Waals surface area contributed by atoms with E-state index in [0.29, 0.717) is 84.6 Å². The molecule has 14 rings (SSSR count). The molecule has 0 atom stereocenters. The van der Waals surface area contributed by atoms with Crippen LogP contribution in [0.15, 0.2) is 343 Å². The Labute approximate surface area is 574 Å². The molecule has 0 saturated carbocycles. The predicted molar refractivity (Wildman–Crippen MR) is 382 cm³/mol. The maximum atomic E-state index is 12.3. The van der Waals surface area contributed by atoms with Crippen molar-refractivity contribution in [2.45, 2.75) is 66.5 Å². The molecule has 7 aromatic rings. The van der Waals surface area contributed by atoms with Crippen molar-refractivity contribution in [1.82, 2.24) is 9.80 Å². The quantitative estimate of drug-likeness (QED) is 0.0369. The monoisotopic (exact) mass is 1370 g/mol. The van der Waals surface area contributed by atoms with Gasteiger partial charge >= 0.3 is 0 Å². The van der Waals surface area contributed by atoms with E-state index in [-0.39, 0.29) is 14.7 Å². The molecule has 492 valence electrons. The van der Waals surface area contributed by atoms with Gasteiger partial charge in [-0.3, -0.25) is 13.7 Å². The fourth-order valence-electron chi connectivity index (χ4n) is 12.5. The molecule has 8 bridgehead atoms. The lowest BCUT2D eigenvalue weighted by atomic mass is 9.98. The molecule has 0 amide bonds. The maximum Gasteiger partial charge on any atom is 0.294 e. The molecule has 0 saturated heterocycles. The number of allylic oxidation sites excluding steroid dienone is 18. The Morgan fingerprint density at radius 2 is 0.606 bits per heavy atom. The predicted octanol–water partition coefficient (Wildman–Crippen LogP) is 12.4. The van der Waals surface area contributed by atoms with Gasteiger partial charge in [-0.1, -0.05) is 66.7 Å². The minimum atomic E-state index is -4.55. The number of aromatic nitrogens is 3. The van der Waals surface area contributed by atoms with Crippen LogP contribution in [0, 0.1) is 0 Å². The average Bonchev–Trinajstić information content (AvgIpc) is 1.62. The Hall–Kier alpha value is -11.0. The van der Waals surface area contributed by atoms with Crippen LogP contribution in [0.25, 0.3) is 33.4 Å². The molecular formula is C78H66N9O9S3+3. The van der Waals surface area contributed by atoms with Gasteiger partial charge < -0.3 is 9.80 Å². The smallest absolute Gasteiger partial charge is 0.294 e. The van der Waals surface area contributed by atoms with Gasteiger partial charge in [0.15, 0.2) is 37.2 Å². The molecule has 99 heavy (non-hydrogen) atoms. The summed E-state index contributed by atoms with van der Waals surface area (Å²) >= 11 is 0. The molecule has 0 radical (unpaired) electrons. The molecule has 3 N–H and O–H groups in total. The van der Waals surface area contributed by atoms with Crippen molar-refractivity contribution in [3.8, 4) is 11.1 Å². The number of fused-ring (bicyclic) bond motifs is 4. The largest absolute Gasteiger partial charge is 0.354 e. The zero-order valence-corrected chi connectivity index (χ0v) is 55.8. The summed E-state index contributed by atoms with van der Waals surface area (Å²) in [6.45, 7) is 4.35. The second-order valence-electron chi connectivity index (χ2n) is 24.3. The van der Waals surface area contributed by atoms with Crippen molar-refractivity contribution < 1.29 is 52.6 Å². The first-order chi connectivity index (χ1) is 47.9. The van der Waals surface area contributed by atoms with Crippen LogP contribution in [-0.4, -0.2) is 78.1 Å². The molecular weight excluding hydrogens is 1300 g/mol. The number of nitrogens with zero attached hydrogens (tertiary/aromatic N) is 9. The number of hydrogen-bond donors (Lipinski definition) is 3. The highest BCUT2D eigenvalue weighted by molar-refractivity contribution is 7.86. The highest BCUT2D eigenvalue weighted by Crippen LogP contribution is 2.39.